The maximum atomic E-state index is 12.8. The minimum absolute atomic E-state index is 0.274. The summed E-state index contributed by atoms with van der Waals surface area (Å²) < 4.78 is 14.0. The number of carbonyl (C=O) groups is 1. The van der Waals surface area contributed by atoms with Crippen molar-refractivity contribution >= 4 is 6.03 Å². The van der Waals surface area contributed by atoms with Crippen molar-refractivity contribution in [1.82, 2.24) is 15.1 Å². The third-order valence-corrected chi connectivity index (χ3v) is 2.05. The predicted molar refractivity (Wildman–Crippen MR) is 56.3 cm³/mol. The van der Waals surface area contributed by atoms with Gasteiger partial charge in [0.05, 0.1) is 0 Å². The summed E-state index contributed by atoms with van der Waals surface area (Å²) in [6.07, 6.45) is 3.06. The number of amides is 1. The van der Waals surface area contributed by atoms with E-state index >= 15 is 0 Å². The highest BCUT2D eigenvalue weighted by atomic mass is 19.1. The molecule has 4 nitrogen and oxygen atoms in total. The van der Waals surface area contributed by atoms with E-state index in [1.54, 1.807) is 24.4 Å². The van der Waals surface area contributed by atoms with E-state index in [0.717, 1.165) is 0 Å². The van der Waals surface area contributed by atoms with Crippen LogP contribution in [-0.4, -0.2) is 15.8 Å². The lowest BCUT2D eigenvalue weighted by Crippen LogP contribution is -2.28. The van der Waals surface area contributed by atoms with E-state index in [1.807, 2.05) is 0 Å². The molecule has 0 saturated carbocycles. The van der Waals surface area contributed by atoms with Gasteiger partial charge in [0.1, 0.15) is 5.82 Å². The molecule has 0 bridgehead atoms. The predicted octanol–water partition coefficient (Wildman–Crippen LogP) is 1.78. The second kappa shape index (κ2) is 4.57. The molecule has 0 fully saturated rings. The summed E-state index contributed by atoms with van der Waals surface area (Å²) in [4.78, 5) is 11.5. The van der Waals surface area contributed by atoms with Gasteiger partial charge in [0.15, 0.2) is 0 Å². The summed E-state index contributed by atoms with van der Waals surface area (Å²) in [6, 6.07) is 7.40. The highest BCUT2D eigenvalue weighted by Gasteiger charge is 2.03. The summed E-state index contributed by atoms with van der Waals surface area (Å²) in [5.41, 5.74) is 0.709. The molecule has 5 heteroatoms. The minimum atomic E-state index is -0.339. The van der Waals surface area contributed by atoms with Crippen LogP contribution in [0, 0.1) is 5.82 Å². The number of aromatic nitrogens is 2. The molecule has 2 rings (SSSR count). The molecule has 1 amide bonds. The van der Waals surface area contributed by atoms with Gasteiger partial charge in [-0.15, -0.1) is 0 Å². The van der Waals surface area contributed by atoms with Gasteiger partial charge in [-0.2, -0.15) is 9.78 Å². The highest BCUT2D eigenvalue weighted by Crippen LogP contribution is 2.02. The van der Waals surface area contributed by atoms with Gasteiger partial charge in [-0.3, -0.25) is 0 Å². The minimum Gasteiger partial charge on any atom is -0.332 e. The fourth-order valence-electron chi connectivity index (χ4n) is 1.29. The van der Waals surface area contributed by atoms with Gasteiger partial charge in [-0.1, -0.05) is 12.1 Å². The number of hydrogen-bond donors (Lipinski definition) is 1. The molecule has 16 heavy (non-hydrogen) atoms. The molecule has 2 aromatic rings. The highest BCUT2D eigenvalue weighted by molar-refractivity contribution is 5.75. The van der Waals surface area contributed by atoms with Crippen LogP contribution in [-0.2, 0) is 6.54 Å². The monoisotopic (exact) mass is 219 g/mol. The number of benzene rings is 1. The number of nitrogens with one attached hydrogen (secondary N) is 1. The summed E-state index contributed by atoms with van der Waals surface area (Å²) in [7, 11) is 0. The molecular formula is C11H10FN3O. The van der Waals surface area contributed by atoms with Gasteiger partial charge >= 0.3 is 6.03 Å². The van der Waals surface area contributed by atoms with Crippen molar-refractivity contribution in [1.29, 1.82) is 0 Å². The van der Waals surface area contributed by atoms with Crippen molar-refractivity contribution in [2.75, 3.05) is 0 Å². The van der Waals surface area contributed by atoms with Crippen LogP contribution in [0.3, 0.4) is 0 Å². The average molecular weight is 219 g/mol. The molecule has 0 saturated heterocycles. The Kier molecular flexibility index (Phi) is 2.95. The maximum absolute atomic E-state index is 12.8. The van der Waals surface area contributed by atoms with Crippen molar-refractivity contribution in [2.45, 2.75) is 6.54 Å². The Balaban J connectivity index is 1.95. The fraction of sp³-hybridized carbons (Fsp3) is 0.0909. The molecule has 0 aliphatic rings. The number of halogens is 1. The first-order chi connectivity index (χ1) is 7.75. The van der Waals surface area contributed by atoms with Crippen LogP contribution in [0.5, 0.6) is 0 Å². The third kappa shape index (κ3) is 2.44. The van der Waals surface area contributed by atoms with Gasteiger partial charge in [-0.25, -0.2) is 9.18 Å². The number of rotatable bonds is 2. The van der Waals surface area contributed by atoms with Gasteiger partial charge in [0.2, 0.25) is 0 Å². The van der Waals surface area contributed by atoms with E-state index in [2.05, 4.69) is 10.4 Å². The molecule has 0 atom stereocenters. The zero-order chi connectivity index (χ0) is 11.4. The van der Waals surface area contributed by atoms with Crippen molar-refractivity contribution < 1.29 is 9.18 Å². The van der Waals surface area contributed by atoms with Gasteiger partial charge in [-0.05, 0) is 23.8 Å². The number of nitrogens with zero attached hydrogens (tertiary/aromatic N) is 2. The molecule has 1 N–H and O–H groups in total. The molecule has 0 radical (unpaired) electrons. The fourth-order valence-corrected chi connectivity index (χ4v) is 1.29. The largest absolute Gasteiger partial charge is 0.342 e. The normalized spacial score (nSPS) is 10.1. The first-order valence-corrected chi connectivity index (χ1v) is 4.78. The number of hydrogen-bond acceptors (Lipinski definition) is 2. The SMILES string of the molecule is O=C(NCc1cccc(F)c1)n1cccn1. The Morgan fingerprint density at radius 3 is 3.00 bits per heavy atom. The van der Waals surface area contributed by atoms with Crippen LogP contribution in [0.2, 0.25) is 0 Å². The lowest BCUT2D eigenvalue weighted by atomic mass is 10.2. The van der Waals surface area contributed by atoms with E-state index in [1.165, 1.54) is 23.0 Å². The zero-order valence-electron chi connectivity index (χ0n) is 8.43. The van der Waals surface area contributed by atoms with Crippen molar-refractivity contribution in [3.63, 3.8) is 0 Å². The van der Waals surface area contributed by atoms with Crippen molar-refractivity contribution in [3.8, 4) is 0 Å². The van der Waals surface area contributed by atoms with Gasteiger partial charge < -0.3 is 5.32 Å². The molecule has 0 aliphatic carbocycles. The van der Waals surface area contributed by atoms with E-state index in [4.69, 9.17) is 0 Å². The Hall–Kier alpha value is -2.17. The van der Waals surface area contributed by atoms with Crippen LogP contribution >= 0.6 is 0 Å². The van der Waals surface area contributed by atoms with Crippen molar-refractivity contribution in [3.05, 3.63) is 54.1 Å². The topological polar surface area (TPSA) is 46.9 Å². The maximum Gasteiger partial charge on any atom is 0.342 e. The van der Waals surface area contributed by atoms with Crippen LogP contribution in [0.4, 0.5) is 9.18 Å². The van der Waals surface area contributed by atoms with E-state index < -0.39 is 0 Å². The standard InChI is InChI=1S/C11H10FN3O/c12-10-4-1-3-9(7-10)8-13-11(16)15-6-2-5-14-15/h1-7H,8H2,(H,13,16). The van der Waals surface area contributed by atoms with Gasteiger partial charge in [0.25, 0.3) is 0 Å². The Labute approximate surface area is 91.7 Å². The van der Waals surface area contributed by atoms with Gasteiger partial charge in [0, 0.05) is 18.9 Å². The van der Waals surface area contributed by atoms with Crippen molar-refractivity contribution in [2.24, 2.45) is 0 Å². The molecular weight excluding hydrogens is 209 g/mol. The van der Waals surface area contributed by atoms with Crippen LogP contribution in [0.25, 0.3) is 0 Å². The Morgan fingerprint density at radius 2 is 2.31 bits per heavy atom. The zero-order valence-corrected chi connectivity index (χ0v) is 8.43. The average Bonchev–Trinajstić information content (AvgIpc) is 2.79. The smallest absolute Gasteiger partial charge is 0.332 e. The molecule has 0 spiro atoms. The first kappa shape index (κ1) is 10.4. The first-order valence-electron chi connectivity index (χ1n) is 4.78. The molecule has 82 valence electrons. The molecule has 1 aromatic heterocycles. The summed E-state index contributed by atoms with van der Waals surface area (Å²) in [5.74, 6) is -0.314. The summed E-state index contributed by atoms with van der Waals surface area (Å²) in [6.45, 7) is 0.274. The Morgan fingerprint density at radius 1 is 1.44 bits per heavy atom. The molecule has 1 aromatic carbocycles. The second-order valence-electron chi connectivity index (χ2n) is 3.24. The molecule has 0 unspecified atom stereocenters. The lowest BCUT2D eigenvalue weighted by Gasteiger charge is -2.04. The van der Waals surface area contributed by atoms with Crippen LogP contribution in [0.1, 0.15) is 5.56 Å². The molecule has 0 aliphatic heterocycles. The van der Waals surface area contributed by atoms with Crippen LogP contribution in [0.15, 0.2) is 42.7 Å². The van der Waals surface area contributed by atoms with E-state index in [-0.39, 0.29) is 18.4 Å². The second-order valence-corrected chi connectivity index (χ2v) is 3.24. The van der Waals surface area contributed by atoms with E-state index in [9.17, 15) is 9.18 Å². The summed E-state index contributed by atoms with van der Waals surface area (Å²) in [5, 5.41) is 6.40. The summed E-state index contributed by atoms with van der Waals surface area (Å²) >= 11 is 0. The Bertz CT molecular complexity index is 482. The van der Waals surface area contributed by atoms with Crippen LogP contribution < -0.4 is 5.32 Å². The number of carbonyl (C=O) groups excluding carboxylic acids is 1. The van der Waals surface area contributed by atoms with E-state index in [0.29, 0.717) is 5.56 Å². The third-order valence-electron chi connectivity index (χ3n) is 2.05. The lowest BCUT2D eigenvalue weighted by molar-refractivity contribution is 0.239. The molecule has 1 heterocycles. The quantitative estimate of drug-likeness (QED) is 0.836.